The van der Waals surface area contributed by atoms with Gasteiger partial charge in [0.25, 0.3) is 5.91 Å². The molecule has 2 rings (SSSR count). The fourth-order valence-corrected chi connectivity index (χ4v) is 3.05. The van der Waals surface area contributed by atoms with E-state index in [1.807, 2.05) is 51.0 Å². The van der Waals surface area contributed by atoms with E-state index in [9.17, 15) is 4.79 Å². The van der Waals surface area contributed by atoms with Gasteiger partial charge in [-0.15, -0.1) is 0 Å². The Balaban J connectivity index is 2.07. The second-order valence-electron chi connectivity index (χ2n) is 6.93. The third kappa shape index (κ3) is 6.49. The summed E-state index contributed by atoms with van der Waals surface area (Å²) in [5.41, 5.74) is 3.49. The lowest BCUT2D eigenvalue weighted by Gasteiger charge is -2.27. The second-order valence-corrected chi connectivity index (χ2v) is 6.93. The molecule has 0 spiro atoms. The van der Waals surface area contributed by atoms with Crippen LogP contribution in [0, 0.1) is 0 Å². The minimum atomic E-state index is -0.431. The van der Waals surface area contributed by atoms with Gasteiger partial charge in [0.2, 0.25) is 0 Å². The molecular weight excluding hydrogens is 336 g/mol. The van der Waals surface area contributed by atoms with Gasteiger partial charge in [0.1, 0.15) is 6.10 Å². The van der Waals surface area contributed by atoms with Crippen LogP contribution >= 0.6 is 0 Å². The number of carbonyl (C=O) groups excluding carboxylic acids is 1. The maximum absolute atomic E-state index is 13.0. The van der Waals surface area contributed by atoms with Gasteiger partial charge < -0.3 is 14.5 Å². The van der Waals surface area contributed by atoms with Crippen molar-refractivity contribution in [3.63, 3.8) is 0 Å². The monoisotopic (exact) mass is 368 g/mol. The minimum absolute atomic E-state index is 0.0772. The van der Waals surface area contributed by atoms with Gasteiger partial charge in [-0.2, -0.15) is 0 Å². The summed E-state index contributed by atoms with van der Waals surface area (Å²) in [5.74, 6) is 0.0772. The van der Waals surface area contributed by atoms with Crippen LogP contribution in [0.25, 0.3) is 11.1 Å². The predicted octanol–water partition coefficient (Wildman–Crippen LogP) is 3.71. The topological polar surface area (TPSA) is 32.8 Å². The number of benzene rings is 2. The highest BCUT2D eigenvalue weighted by Crippen LogP contribution is 2.20. The van der Waals surface area contributed by atoms with Crippen LogP contribution in [0.2, 0.25) is 0 Å². The Kier molecular flexibility index (Phi) is 8.49. The first-order valence-electron chi connectivity index (χ1n) is 9.74. The van der Waals surface area contributed by atoms with E-state index in [4.69, 9.17) is 4.74 Å². The van der Waals surface area contributed by atoms with Gasteiger partial charge in [0, 0.05) is 32.7 Å². The van der Waals surface area contributed by atoms with Gasteiger partial charge in [0.15, 0.2) is 0 Å². The van der Waals surface area contributed by atoms with Gasteiger partial charge >= 0.3 is 0 Å². The standard InChI is InChI=1S/C23H32N2O2/c1-5-25(17-16-24(3)4)23(26)22(27-6-2)18-19-12-14-21(15-13-19)20-10-8-7-9-11-20/h7-15,22H,5-6,16-18H2,1-4H3. The average molecular weight is 369 g/mol. The Labute approximate surface area is 163 Å². The first-order chi connectivity index (χ1) is 13.0. The zero-order valence-corrected chi connectivity index (χ0v) is 17.0. The highest BCUT2D eigenvalue weighted by Gasteiger charge is 2.24. The molecule has 0 aromatic heterocycles. The van der Waals surface area contributed by atoms with Gasteiger partial charge in [0.05, 0.1) is 0 Å². The molecule has 0 aliphatic heterocycles. The maximum Gasteiger partial charge on any atom is 0.252 e. The van der Waals surface area contributed by atoms with E-state index in [-0.39, 0.29) is 5.91 Å². The molecule has 1 unspecified atom stereocenters. The van der Waals surface area contributed by atoms with Crippen LogP contribution < -0.4 is 0 Å². The number of carbonyl (C=O) groups is 1. The van der Waals surface area contributed by atoms with Crippen molar-refractivity contribution in [2.75, 3.05) is 40.3 Å². The fraction of sp³-hybridized carbons (Fsp3) is 0.435. The Morgan fingerprint density at radius 3 is 2.11 bits per heavy atom. The number of nitrogens with zero attached hydrogens (tertiary/aromatic N) is 2. The molecule has 1 atom stereocenters. The molecule has 27 heavy (non-hydrogen) atoms. The Bertz CT molecular complexity index is 683. The van der Waals surface area contributed by atoms with E-state index in [0.717, 1.165) is 18.7 Å². The molecule has 4 nitrogen and oxygen atoms in total. The Hall–Kier alpha value is -2.17. The van der Waals surface area contributed by atoms with Gasteiger partial charge in [-0.1, -0.05) is 54.6 Å². The van der Waals surface area contributed by atoms with Crippen LogP contribution in [0.5, 0.6) is 0 Å². The summed E-state index contributed by atoms with van der Waals surface area (Å²) in [5, 5.41) is 0. The predicted molar refractivity (Wildman–Crippen MR) is 112 cm³/mol. The fourth-order valence-electron chi connectivity index (χ4n) is 3.05. The highest BCUT2D eigenvalue weighted by molar-refractivity contribution is 5.81. The number of hydrogen-bond donors (Lipinski definition) is 0. The molecule has 0 radical (unpaired) electrons. The van der Waals surface area contributed by atoms with Crippen LogP contribution in [-0.4, -0.2) is 62.1 Å². The Morgan fingerprint density at radius 1 is 0.926 bits per heavy atom. The van der Waals surface area contributed by atoms with E-state index < -0.39 is 6.10 Å². The molecule has 1 amide bonds. The van der Waals surface area contributed by atoms with Gasteiger partial charge in [-0.25, -0.2) is 0 Å². The summed E-state index contributed by atoms with van der Waals surface area (Å²) in [4.78, 5) is 16.9. The third-order valence-electron chi connectivity index (χ3n) is 4.64. The summed E-state index contributed by atoms with van der Waals surface area (Å²) in [7, 11) is 4.04. The highest BCUT2D eigenvalue weighted by atomic mass is 16.5. The van der Waals surface area contributed by atoms with E-state index >= 15 is 0 Å². The molecule has 0 N–H and O–H groups in total. The quantitative estimate of drug-likeness (QED) is 0.641. The molecule has 2 aromatic rings. The summed E-state index contributed by atoms with van der Waals surface area (Å²) < 4.78 is 5.81. The van der Waals surface area contributed by atoms with Crippen LogP contribution in [0.3, 0.4) is 0 Å². The summed E-state index contributed by atoms with van der Waals surface area (Å²) >= 11 is 0. The molecule has 0 bridgehead atoms. The number of hydrogen-bond acceptors (Lipinski definition) is 3. The van der Waals surface area contributed by atoms with Crippen LogP contribution in [-0.2, 0) is 16.0 Å². The summed E-state index contributed by atoms with van der Waals surface area (Å²) in [6.45, 7) is 6.76. The lowest BCUT2D eigenvalue weighted by Crippen LogP contribution is -2.44. The van der Waals surface area contributed by atoms with Crippen molar-refractivity contribution in [3.8, 4) is 11.1 Å². The van der Waals surface area contributed by atoms with Crippen LogP contribution in [0.1, 0.15) is 19.4 Å². The molecule has 0 saturated carbocycles. The molecule has 146 valence electrons. The van der Waals surface area contributed by atoms with E-state index in [1.54, 1.807) is 0 Å². The van der Waals surface area contributed by atoms with Crippen molar-refractivity contribution in [2.45, 2.75) is 26.4 Å². The lowest BCUT2D eigenvalue weighted by molar-refractivity contribution is -0.143. The molecule has 2 aromatic carbocycles. The zero-order chi connectivity index (χ0) is 19.6. The zero-order valence-electron chi connectivity index (χ0n) is 17.0. The second kappa shape index (κ2) is 10.9. The van der Waals surface area contributed by atoms with Crippen LogP contribution in [0.15, 0.2) is 54.6 Å². The molecule has 0 aliphatic rings. The molecule has 0 heterocycles. The largest absolute Gasteiger partial charge is 0.368 e. The van der Waals surface area contributed by atoms with Crippen molar-refractivity contribution in [2.24, 2.45) is 0 Å². The van der Waals surface area contributed by atoms with Crippen molar-refractivity contribution < 1.29 is 9.53 Å². The van der Waals surface area contributed by atoms with E-state index in [1.165, 1.54) is 11.1 Å². The number of rotatable bonds is 10. The van der Waals surface area contributed by atoms with Crippen molar-refractivity contribution in [1.82, 2.24) is 9.80 Å². The smallest absolute Gasteiger partial charge is 0.252 e. The third-order valence-corrected chi connectivity index (χ3v) is 4.64. The number of amides is 1. The molecule has 0 fully saturated rings. The average Bonchev–Trinajstić information content (AvgIpc) is 2.69. The maximum atomic E-state index is 13.0. The molecule has 0 saturated heterocycles. The van der Waals surface area contributed by atoms with Crippen molar-refractivity contribution >= 4 is 5.91 Å². The van der Waals surface area contributed by atoms with Crippen LogP contribution in [0.4, 0.5) is 0 Å². The van der Waals surface area contributed by atoms with E-state index in [0.29, 0.717) is 19.6 Å². The number of likely N-dealkylation sites (N-methyl/N-ethyl adjacent to an activating group) is 2. The summed E-state index contributed by atoms with van der Waals surface area (Å²) in [6.07, 6.45) is 0.167. The molecule has 4 heteroatoms. The Morgan fingerprint density at radius 2 is 1.56 bits per heavy atom. The van der Waals surface area contributed by atoms with Gasteiger partial charge in [-0.3, -0.25) is 4.79 Å². The number of ether oxygens (including phenoxy) is 1. The first kappa shape index (κ1) is 21.1. The molecule has 0 aliphatic carbocycles. The first-order valence-corrected chi connectivity index (χ1v) is 9.74. The SMILES string of the molecule is CCOC(Cc1ccc(-c2ccccc2)cc1)C(=O)N(CC)CCN(C)C. The van der Waals surface area contributed by atoms with E-state index in [2.05, 4.69) is 41.3 Å². The van der Waals surface area contributed by atoms with Crippen molar-refractivity contribution in [3.05, 3.63) is 60.2 Å². The van der Waals surface area contributed by atoms with Gasteiger partial charge in [-0.05, 0) is 44.6 Å². The summed E-state index contributed by atoms with van der Waals surface area (Å²) in [6, 6.07) is 18.7. The molecular formula is C23H32N2O2. The van der Waals surface area contributed by atoms with Crippen molar-refractivity contribution in [1.29, 1.82) is 0 Å². The lowest BCUT2D eigenvalue weighted by atomic mass is 10.0. The normalized spacial score (nSPS) is 12.2. The minimum Gasteiger partial charge on any atom is -0.368 e.